The lowest BCUT2D eigenvalue weighted by atomic mass is 10.2. The molecule has 0 saturated heterocycles. The Bertz CT molecular complexity index is 329. The van der Waals surface area contributed by atoms with Gasteiger partial charge >= 0.3 is 0 Å². The highest BCUT2D eigenvalue weighted by Gasteiger charge is 2.09. The van der Waals surface area contributed by atoms with Crippen LogP contribution in [0.4, 0.5) is 5.69 Å². The van der Waals surface area contributed by atoms with Crippen LogP contribution in [0.2, 0.25) is 0 Å². The number of phenolic OH excluding ortho intramolecular Hbond substituents is 1. The van der Waals surface area contributed by atoms with Crippen molar-refractivity contribution in [1.29, 1.82) is 0 Å². The van der Waals surface area contributed by atoms with Crippen LogP contribution < -0.4 is 5.32 Å². The van der Waals surface area contributed by atoms with Crippen molar-refractivity contribution in [1.82, 2.24) is 0 Å². The highest BCUT2D eigenvalue weighted by atomic mass is 16.5. The molecule has 0 amide bonds. The van der Waals surface area contributed by atoms with Crippen LogP contribution in [0.3, 0.4) is 0 Å². The summed E-state index contributed by atoms with van der Waals surface area (Å²) in [4.78, 5) is 0. The van der Waals surface area contributed by atoms with Gasteiger partial charge in [-0.1, -0.05) is 6.07 Å². The summed E-state index contributed by atoms with van der Waals surface area (Å²) in [7, 11) is 0. The van der Waals surface area contributed by atoms with E-state index < -0.39 is 0 Å². The topological polar surface area (TPSA) is 41.5 Å². The van der Waals surface area contributed by atoms with Gasteiger partial charge in [0.1, 0.15) is 12.5 Å². The van der Waals surface area contributed by atoms with Gasteiger partial charge in [-0.2, -0.15) is 0 Å². The number of benzene rings is 1. The van der Waals surface area contributed by atoms with Gasteiger partial charge in [0.15, 0.2) is 0 Å². The number of phenols is 1. The molecule has 0 aliphatic carbocycles. The average Bonchev–Trinajstić information content (AvgIpc) is 2.09. The molecule has 3 nitrogen and oxygen atoms in total. The van der Waals surface area contributed by atoms with Crippen molar-refractivity contribution in [3.05, 3.63) is 23.8 Å². The van der Waals surface area contributed by atoms with E-state index in [9.17, 15) is 5.11 Å². The minimum Gasteiger partial charge on any atom is -0.506 e. The number of hydrogen-bond donors (Lipinski definition) is 2. The third kappa shape index (κ3) is 4.21. The van der Waals surface area contributed by atoms with E-state index in [0.29, 0.717) is 12.4 Å². The largest absolute Gasteiger partial charge is 0.506 e. The summed E-state index contributed by atoms with van der Waals surface area (Å²) < 4.78 is 5.51. The summed E-state index contributed by atoms with van der Waals surface area (Å²) in [5.74, 6) is 0.248. The molecule has 1 aromatic rings. The molecule has 0 fully saturated rings. The van der Waals surface area contributed by atoms with Crippen LogP contribution in [-0.2, 0) is 4.74 Å². The number of anilines is 1. The van der Waals surface area contributed by atoms with Crippen molar-refractivity contribution in [2.45, 2.75) is 33.3 Å². The van der Waals surface area contributed by atoms with Gasteiger partial charge in [0.25, 0.3) is 0 Å². The van der Waals surface area contributed by atoms with Crippen molar-refractivity contribution >= 4 is 5.69 Å². The second kappa shape index (κ2) is 4.53. The Kier molecular flexibility index (Phi) is 3.58. The van der Waals surface area contributed by atoms with Gasteiger partial charge in [0.2, 0.25) is 0 Å². The van der Waals surface area contributed by atoms with Crippen LogP contribution in [-0.4, -0.2) is 17.4 Å². The minimum absolute atomic E-state index is 0.174. The third-order valence-electron chi connectivity index (χ3n) is 1.92. The summed E-state index contributed by atoms with van der Waals surface area (Å²) >= 11 is 0. The monoisotopic (exact) mass is 209 g/mol. The van der Waals surface area contributed by atoms with Crippen molar-refractivity contribution in [2.24, 2.45) is 0 Å². The Balaban J connectivity index is 2.54. The lowest BCUT2D eigenvalue weighted by Crippen LogP contribution is -2.23. The number of nitrogens with one attached hydrogen (secondary N) is 1. The summed E-state index contributed by atoms with van der Waals surface area (Å²) in [5.41, 5.74) is 1.64. The zero-order chi connectivity index (χ0) is 11.5. The van der Waals surface area contributed by atoms with Crippen molar-refractivity contribution < 1.29 is 9.84 Å². The molecule has 0 aromatic heterocycles. The van der Waals surface area contributed by atoms with E-state index in [1.165, 1.54) is 0 Å². The van der Waals surface area contributed by atoms with E-state index in [-0.39, 0.29) is 11.4 Å². The molecule has 0 radical (unpaired) electrons. The fourth-order valence-electron chi connectivity index (χ4n) is 1.12. The summed E-state index contributed by atoms with van der Waals surface area (Å²) in [5, 5.41) is 12.6. The fraction of sp³-hybridized carbons (Fsp3) is 0.500. The molecule has 15 heavy (non-hydrogen) atoms. The lowest BCUT2D eigenvalue weighted by molar-refractivity contribution is 0.00838. The van der Waals surface area contributed by atoms with E-state index in [1.807, 2.05) is 39.8 Å². The molecule has 0 heterocycles. The molecule has 2 N–H and O–H groups in total. The maximum atomic E-state index is 9.55. The van der Waals surface area contributed by atoms with Gasteiger partial charge in [0, 0.05) is 0 Å². The first-order valence-corrected chi connectivity index (χ1v) is 5.06. The molecule has 1 aromatic carbocycles. The van der Waals surface area contributed by atoms with E-state index >= 15 is 0 Å². The molecular weight excluding hydrogens is 190 g/mol. The first-order chi connectivity index (χ1) is 6.88. The molecule has 3 heteroatoms. The van der Waals surface area contributed by atoms with Crippen molar-refractivity contribution in [2.75, 3.05) is 12.0 Å². The Morgan fingerprint density at radius 1 is 1.33 bits per heavy atom. The molecule has 0 spiro atoms. The average molecular weight is 209 g/mol. The molecule has 0 saturated carbocycles. The van der Waals surface area contributed by atoms with E-state index in [0.717, 1.165) is 5.56 Å². The van der Waals surface area contributed by atoms with Crippen LogP contribution in [0.5, 0.6) is 5.75 Å². The van der Waals surface area contributed by atoms with E-state index in [1.54, 1.807) is 6.07 Å². The standard InChI is InChI=1S/C12H19NO2/c1-9-5-6-11(14)10(7-9)13-8-15-12(2,3)4/h5-7,13-14H,8H2,1-4H3. The molecule has 0 aliphatic rings. The predicted octanol–water partition coefficient (Wildman–Crippen LogP) is 2.89. The van der Waals surface area contributed by atoms with Crippen LogP contribution in [0.15, 0.2) is 18.2 Å². The van der Waals surface area contributed by atoms with Gasteiger partial charge in [0.05, 0.1) is 11.3 Å². The van der Waals surface area contributed by atoms with Crippen LogP contribution in [0, 0.1) is 6.92 Å². The quantitative estimate of drug-likeness (QED) is 0.594. The van der Waals surface area contributed by atoms with Crippen LogP contribution in [0.1, 0.15) is 26.3 Å². The maximum Gasteiger partial charge on any atom is 0.138 e. The Morgan fingerprint density at radius 3 is 2.60 bits per heavy atom. The normalized spacial score (nSPS) is 11.5. The van der Waals surface area contributed by atoms with Gasteiger partial charge in [-0.05, 0) is 45.4 Å². The summed E-state index contributed by atoms with van der Waals surface area (Å²) in [6, 6.07) is 5.43. The lowest BCUT2D eigenvalue weighted by Gasteiger charge is -2.20. The number of aryl methyl sites for hydroxylation is 1. The molecule has 0 aliphatic heterocycles. The fourth-order valence-corrected chi connectivity index (χ4v) is 1.12. The highest BCUT2D eigenvalue weighted by molar-refractivity contribution is 5.56. The zero-order valence-corrected chi connectivity index (χ0v) is 9.79. The molecule has 0 unspecified atom stereocenters. The second-order valence-corrected chi connectivity index (χ2v) is 4.60. The Morgan fingerprint density at radius 2 is 2.00 bits per heavy atom. The van der Waals surface area contributed by atoms with Gasteiger partial charge in [-0.3, -0.25) is 0 Å². The zero-order valence-electron chi connectivity index (χ0n) is 9.79. The number of ether oxygens (including phenoxy) is 1. The maximum absolute atomic E-state index is 9.55. The number of hydrogen-bond acceptors (Lipinski definition) is 3. The summed E-state index contributed by atoms with van der Waals surface area (Å²) in [6.45, 7) is 8.34. The van der Waals surface area contributed by atoms with Crippen LogP contribution in [0.25, 0.3) is 0 Å². The Hall–Kier alpha value is -1.22. The summed E-state index contributed by atoms with van der Waals surface area (Å²) in [6.07, 6.45) is 0. The van der Waals surface area contributed by atoms with Crippen LogP contribution >= 0.6 is 0 Å². The smallest absolute Gasteiger partial charge is 0.138 e. The Labute approximate surface area is 91.1 Å². The van der Waals surface area contributed by atoms with E-state index in [4.69, 9.17) is 4.74 Å². The molecule has 0 atom stereocenters. The highest BCUT2D eigenvalue weighted by Crippen LogP contribution is 2.23. The van der Waals surface area contributed by atoms with Gasteiger partial charge in [-0.25, -0.2) is 0 Å². The SMILES string of the molecule is Cc1ccc(O)c(NCOC(C)(C)C)c1. The molecule has 0 bridgehead atoms. The first-order valence-electron chi connectivity index (χ1n) is 5.06. The molecule has 1 rings (SSSR count). The number of rotatable bonds is 3. The van der Waals surface area contributed by atoms with Gasteiger partial charge in [-0.15, -0.1) is 0 Å². The predicted molar refractivity (Wildman–Crippen MR) is 62.2 cm³/mol. The molecule has 84 valence electrons. The molecular formula is C12H19NO2. The minimum atomic E-state index is -0.174. The van der Waals surface area contributed by atoms with E-state index in [2.05, 4.69) is 5.32 Å². The van der Waals surface area contributed by atoms with Crippen molar-refractivity contribution in [3.63, 3.8) is 0 Å². The third-order valence-corrected chi connectivity index (χ3v) is 1.92. The van der Waals surface area contributed by atoms with Gasteiger partial charge < -0.3 is 15.2 Å². The number of aromatic hydroxyl groups is 1. The van der Waals surface area contributed by atoms with Crippen molar-refractivity contribution in [3.8, 4) is 5.75 Å². The second-order valence-electron chi connectivity index (χ2n) is 4.60. The first kappa shape index (κ1) is 11.9.